The van der Waals surface area contributed by atoms with Crippen molar-refractivity contribution in [2.24, 2.45) is 11.3 Å². The zero-order valence-electron chi connectivity index (χ0n) is 23.1. The third kappa shape index (κ3) is 5.26. The molecule has 2 N–H and O–H groups in total. The van der Waals surface area contributed by atoms with E-state index in [1.165, 1.54) is 6.07 Å². The van der Waals surface area contributed by atoms with E-state index in [1.807, 2.05) is 6.07 Å². The molecule has 210 valence electrons. The SMILES string of the molecule is CN1CCC(CCC(=O)[C@@H]2N[C@H](CC(C)(C)C)[C@]3(C(=O)Nc4cc(Cl)ccc43)[C@H]2c2cccc(Cl)c2F)CC1. The van der Waals surface area contributed by atoms with Crippen LogP contribution in [0.25, 0.3) is 0 Å². The van der Waals surface area contributed by atoms with Crippen LogP contribution in [0.4, 0.5) is 10.1 Å². The van der Waals surface area contributed by atoms with Crippen molar-refractivity contribution in [2.75, 3.05) is 25.5 Å². The molecule has 2 saturated heterocycles. The Kier molecular flexibility index (Phi) is 7.88. The number of Topliss-reactive ketones (excluding diaryl/α,β-unsaturated/α-hetero) is 1. The highest BCUT2D eigenvalue weighted by molar-refractivity contribution is 6.31. The predicted octanol–water partition coefficient (Wildman–Crippen LogP) is 6.57. The van der Waals surface area contributed by atoms with Crippen LogP contribution in [-0.4, -0.2) is 48.8 Å². The van der Waals surface area contributed by atoms with Crippen LogP contribution in [0.2, 0.25) is 10.0 Å². The molecule has 4 atom stereocenters. The standard InChI is InChI=1S/C31H38Cl2FN3O2/c1-30(2,3)17-25-31(21-10-9-19(32)16-23(21)35-29(31)39)26(20-6-5-7-22(33)27(20)34)28(36-25)24(38)11-8-18-12-14-37(4)15-13-18/h5-7,9-10,16,18,25-26,28,36H,8,11-15,17H2,1-4H3,(H,35,39)/t25-,26+,28+,31+/m1/s1. The van der Waals surface area contributed by atoms with Gasteiger partial charge < -0.3 is 15.5 Å². The summed E-state index contributed by atoms with van der Waals surface area (Å²) in [4.78, 5) is 30.6. The maximum Gasteiger partial charge on any atom is 0.237 e. The molecule has 3 heterocycles. The molecule has 3 aliphatic rings. The summed E-state index contributed by atoms with van der Waals surface area (Å²) in [5.41, 5.74) is 0.284. The molecule has 0 radical (unpaired) electrons. The summed E-state index contributed by atoms with van der Waals surface area (Å²) in [5.74, 6) is -1.08. The third-order valence-corrected chi connectivity index (χ3v) is 9.45. The fourth-order valence-electron chi connectivity index (χ4n) is 7.06. The molecular formula is C31H38Cl2FN3O2. The van der Waals surface area contributed by atoms with Crippen molar-refractivity contribution in [3.8, 4) is 0 Å². The van der Waals surface area contributed by atoms with Crippen molar-refractivity contribution in [2.45, 2.75) is 76.3 Å². The van der Waals surface area contributed by atoms with E-state index >= 15 is 4.39 Å². The molecular weight excluding hydrogens is 536 g/mol. The molecule has 1 amide bonds. The number of nitrogens with zero attached hydrogens (tertiary/aromatic N) is 1. The molecule has 5 nitrogen and oxygen atoms in total. The highest BCUT2D eigenvalue weighted by Gasteiger charge is 2.66. The van der Waals surface area contributed by atoms with Crippen molar-refractivity contribution < 1.29 is 14.0 Å². The van der Waals surface area contributed by atoms with Crippen LogP contribution in [-0.2, 0) is 15.0 Å². The first-order chi connectivity index (χ1) is 18.4. The van der Waals surface area contributed by atoms with Gasteiger partial charge in [0, 0.05) is 29.1 Å². The Labute approximate surface area is 240 Å². The number of anilines is 1. The first-order valence-corrected chi connectivity index (χ1v) is 14.7. The molecule has 2 aromatic carbocycles. The molecule has 0 unspecified atom stereocenters. The highest BCUT2D eigenvalue weighted by Crippen LogP contribution is 2.57. The van der Waals surface area contributed by atoms with Gasteiger partial charge in [-0.2, -0.15) is 0 Å². The first kappa shape index (κ1) is 28.5. The van der Waals surface area contributed by atoms with Gasteiger partial charge in [0.15, 0.2) is 0 Å². The van der Waals surface area contributed by atoms with Gasteiger partial charge in [0.25, 0.3) is 0 Å². The second kappa shape index (κ2) is 10.8. The Morgan fingerprint density at radius 3 is 2.56 bits per heavy atom. The molecule has 5 rings (SSSR count). The van der Waals surface area contributed by atoms with Crippen LogP contribution in [0.3, 0.4) is 0 Å². The average Bonchev–Trinajstić information content (AvgIpc) is 3.34. The maximum atomic E-state index is 15.8. The van der Waals surface area contributed by atoms with Crippen LogP contribution in [0.5, 0.6) is 0 Å². The number of hydrogen-bond donors (Lipinski definition) is 2. The Hall–Kier alpha value is -1.99. The van der Waals surface area contributed by atoms with Gasteiger partial charge in [-0.05, 0) is 86.5 Å². The summed E-state index contributed by atoms with van der Waals surface area (Å²) in [5, 5.41) is 7.11. The van der Waals surface area contributed by atoms with E-state index in [4.69, 9.17) is 23.2 Å². The zero-order chi connectivity index (χ0) is 28.1. The molecule has 8 heteroatoms. The number of carbonyl (C=O) groups is 2. The molecule has 2 fully saturated rings. The second-order valence-electron chi connectivity index (χ2n) is 12.8. The van der Waals surface area contributed by atoms with Gasteiger partial charge in [-0.15, -0.1) is 0 Å². The van der Waals surface area contributed by atoms with Crippen molar-refractivity contribution in [1.29, 1.82) is 0 Å². The van der Waals surface area contributed by atoms with Crippen molar-refractivity contribution in [1.82, 2.24) is 10.2 Å². The number of benzene rings is 2. The number of nitrogens with one attached hydrogen (secondary N) is 2. The minimum absolute atomic E-state index is 0.0179. The van der Waals surface area contributed by atoms with Crippen molar-refractivity contribution in [3.05, 3.63) is 63.4 Å². The molecule has 0 bridgehead atoms. The van der Waals surface area contributed by atoms with Gasteiger partial charge in [-0.1, -0.05) is 62.2 Å². The zero-order valence-corrected chi connectivity index (χ0v) is 24.6. The number of carbonyl (C=O) groups excluding carboxylic acids is 2. The van der Waals surface area contributed by atoms with E-state index < -0.39 is 29.2 Å². The van der Waals surface area contributed by atoms with Gasteiger partial charge in [0.2, 0.25) is 5.91 Å². The number of piperidine rings is 1. The average molecular weight is 575 g/mol. The lowest BCUT2D eigenvalue weighted by Crippen LogP contribution is -2.49. The largest absolute Gasteiger partial charge is 0.325 e. The Morgan fingerprint density at radius 1 is 1.15 bits per heavy atom. The summed E-state index contributed by atoms with van der Waals surface area (Å²) >= 11 is 12.6. The van der Waals surface area contributed by atoms with Crippen LogP contribution in [0.15, 0.2) is 36.4 Å². The smallest absolute Gasteiger partial charge is 0.237 e. The molecule has 39 heavy (non-hydrogen) atoms. The van der Waals surface area contributed by atoms with E-state index in [-0.39, 0.29) is 22.1 Å². The Balaban J connectivity index is 1.61. The van der Waals surface area contributed by atoms with Crippen LogP contribution in [0.1, 0.15) is 69.9 Å². The van der Waals surface area contributed by atoms with Gasteiger partial charge >= 0.3 is 0 Å². The minimum atomic E-state index is -1.20. The third-order valence-electron chi connectivity index (χ3n) is 8.92. The minimum Gasteiger partial charge on any atom is -0.325 e. The van der Waals surface area contributed by atoms with Gasteiger partial charge in [-0.25, -0.2) is 4.39 Å². The van der Waals surface area contributed by atoms with Crippen LogP contribution in [0, 0.1) is 17.2 Å². The maximum absolute atomic E-state index is 15.8. The topological polar surface area (TPSA) is 61.4 Å². The number of rotatable bonds is 6. The van der Waals surface area contributed by atoms with Crippen LogP contribution >= 0.6 is 23.2 Å². The van der Waals surface area contributed by atoms with Gasteiger partial charge in [0.05, 0.1) is 11.1 Å². The van der Waals surface area contributed by atoms with E-state index in [2.05, 4.69) is 43.4 Å². The van der Waals surface area contributed by atoms with Crippen molar-refractivity contribution in [3.63, 3.8) is 0 Å². The number of halogens is 3. The lowest BCUT2D eigenvalue weighted by molar-refractivity contribution is -0.122. The number of ketones is 1. The molecule has 3 aliphatic heterocycles. The predicted molar refractivity (Wildman–Crippen MR) is 155 cm³/mol. The monoisotopic (exact) mass is 573 g/mol. The fraction of sp³-hybridized carbons (Fsp3) is 0.548. The summed E-state index contributed by atoms with van der Waals surface area (Å²) in [6.45, 7) is 8.41. The lowest BCUT2D eigenvalue weighted by atomic mass is 9.62. The fourth-order valence-corrected chi connectivity index (χ4v) is 7.41. The van der Waals surface area contributed by atoms with E-state index in [9.17, 15) is 9.59 Å². The summed E-state index contributed by atoms with van der Waals surface area (Å²) in [6, 6.07) is 9.09. The van der Waals surface area contributed by atoms with E-state index in [0.717, 1.165) is 37.9 Å². The second-order valence-corrected chi connectivity index (χ2v) is 13.7. The molecule has 0 saturated carbocycles. The summed E-state index contributed by atoms with van der Waals surface area (Å²) < 4.78 is 15.8. The van der Waals surface area contributed by atoms with Crippen LogP contribution < -0.4 is 10.6 Å². The molecule has 0 aromatic heterocycles. The lowest BCUT2D eigenvalue weighted by Gasteiger charge is -2.37. The number of amides is 1. The van der Waals surface area contributed by atoms with E-state index in [1.54, 1.807) is 24.3 Å². The number of likely N-dealkylation sites (tertiary alicyclic amines) is 1. The Morgan fingerprint density at radius 2 is 1.87 bits per heavy atom. The Bertz CT molecular complexity index is 1270. The van der Waals surface area contributed by atoms with Gasteiger partial charge in [0.1, 0.15) is 17.0 Å². The normalized spacial score (nSPS) is 27.7. The molecule has 1 spiro atoms. The number of fused-ring (bicyclic) bond motifs is 2. The molecule has 2 aromatic rings. The molecule has 0 aliphatic carbocycles. The number of hydrogen-bond acceptors (Lipinski definition) is 4. The first-order valence-electron chi connectivity index (χ1n) is 13.9. The summed E-state index contributed by atoms with van der Waals surface area (Å²) in [6.07, 6.45) is 3.94. The summed E-state index contributed by atoms with van der Waals surface area (Å²) in [7, 11) is 2.13. The quantitative estimate of drug-likeness (QED) is 0.410. The highest BCUT2D eigenvalue weighted by atomic mass is 35.5. The van der Waals surface area contributed by atoms with E-state index in [0.29, 0.717) is 35.0 Å². The van der Waals surface area contributed by atoms with Crippen molar-refractivity contribution >= 4 is 40.6 Å². The van der Waals surface area contributed by atoms with Gasteiger partial charge in [-0.3, -0.25) is 9.59 Å².